The average molecular weight is 408 g/mol. The Hall–Kier alpha value is -3.04. The Balaban J connectivity index is 1.46. The van der Waals surface area contributed by atoms with Crippen molar-refractivity contribution in [3.8, 4) is 5.75 Å². The number of fused-ring (bicyclic) bond motifs is 1. The second-order valence-electron chi connectivity index (χ2n) is 6.39. The van der Waals surface area contributed by atoms with Crippen molar-refractivity contribution in [3.05, 3.63) is 47.8 Å². The van der Waals surface area contributed by atoms with Gasteiger partial charge in [-0.2, -0.15) is 13.2 Å². The number of aromatic nitrogens is 2. The Morgan fingerprint density at radius 1 is 1.21 bits per heavy atom. The van der Waals surface area contributed by atoms with E-state index in [0.29, 0.717) is 32.1 Å². The number of rotatable bonds is 7. The molecule has 10 heteroatoms. The van der Waals surface area contributed by atoms with Crippen molar-refractivity contribution in [2.75, 3.05) is 31.5 Å². The topological polar surface area (TPSA) is 83.5 Å². The van der Waals surface area contributed by atoms with Crippen molar-refractivity contribution in [3.63, 3.8) is 0 Å². The molecule has 1 aliphatic heterocycles. The first-order valence-electron chi connectivity index (χ1n) is 9.36. The monoisotopic (exact) mass is 408 g/mol. The SMILES string of the molecule is CCNC(=NCC1Cc2ccccc2O1)NCCNc1nccc(C(F)(F)F)n1. The first-order chi connectivity index (χ1) is 14.0. The summed E-state index contributed by atoms with van der Waals surface area (Å²) >= 11 is 0. The summed E-state index contributed by atoms with van der Waals surface area (Å²) in [7, 11) is 0. The van der Waals surface area contributed by atoms with E-state index in [9.17, 15) is 13.2 Å². The lowest BCUT2D eigenvalue weighted by molar-refractivity contribution is -0.141. The van der Waals surface area contributed by atoms with Gasteiger partial charge >= 0.3 is 6.18 Å². The van der Waals surface area contributed by atoms with Gasteiger partial charge < -0.3 is 20.7 Å². The zero-order chi connectivity index (χ0) is 20.7. The van der Waals surface area contributed by atoms with Gasteiger partial charge in [0.1, 0.15) is 17.5 Å². The average Bonchev–Trinajstić information content (AvgIpc) is 3.12. The van der Waals surface area contributed by atoms with Crippen LogP contribution < -0.4 is 20.7 Å². The molecule has 0 spiro atoms. The van der Waals surface area contributed by atoms with E-state index >= 15 is 0 Å². The molecule has 3 N–H and O–H groups in total. The highest BCUT2D eigenvalue weighted by atomic mass is 19.4. The molecule has 29 heavy (non-hydrogen) atoms. The van der Waals surface area contributed by atoms with Crippen molar-refractivity contribution in [1.82, 2.24) is 20.6 Å². The molecule has 156 valence electrons. The molecule has 1 atom stereocenters. The summed E-state index contributed by atoms with van der Waals surface area (Å²) in [4.78, 5) is 11.8. The smallest absolute Gasteiger partial charge is 0.433 e. The largest absolute Gasteiger partial charge is 0.488 e. The van der Waals surface area contributed by atoms with E-state index in [1.807, 2.05) is 31.2 Å². The van der Waals surface area contributed by atoms with E-state index in [0.717, 1.165) is 24.4 Å². The zero-order valence-corrected chi connectivity index (χ0v) is 16.0. The van der Waals surface area contributed by atoms with Gasteiger partial charge in [-0.25, -0.2) is 15.0 Å². The number of para-hydroxylation sites is 1. The van der Waals surface area contributed by atoms with Crippen LogP contribution in [0.1, 0.15) is 18.2 Å². The van der Waals surface area contributed by atoms with E-state index in [1.54, 1.807) is 0 Å². The molecule has 0 radical (unpaired) electrons. The number of halogens is 3. The lowest BCUT2D eigenvalue weighted by Gasteiger charge is -2.14. The van der Waals surface area contributed by atoms with Gasteiger partial charge in [-0.05, 0) is 24.6 Å². The molecular weight excluding hydrogens is 385 g/mol. The van der Waals surface area contributed by atoms with Gasteiger partial charge in [0.25, 0.3) is 0 Å². The normalized spacial score (nSPS) is 16.1. The summed E-state index contributed by atoms with van der Waals surface area (Å²) in [5, 5.41) is 9.03. The molecule has 2 heterocycles. The summed E-state index contributed by atoms with van der Waals surface area (Å²) in [6.07, 6.45) is -2.62. The second kappa shape index (κ2) is 9.44. The van der Waals surface area contributed by atoms with Gasteiger partial charge in [0.2, 0.25) is 5.95 Å². The molecule has 0 saturated heterocycles. The number of alkyl halides is 3. The van der Waals surface area contributed by atoms with E-state index < -0.39 is 11.9 Å². The van der Waals surface area contributed by atoms with E-state index in [-0.39, 0.29) is 12.1 Å². The molecule has 7 nitrogen and oxygen atoms in total. The Kier molecular flexibility index (Phi) is 6.73. The lowest BCUT2D eigenvalue weighted by Crippen LogP contribution is -2.40. The third-order valence-corrected chi connectivity index (χ3v) is 4.16. The summed E-state index contributed by atoms with van der Waals surface area (Å²) < 4.78 is 43.9. The standard InChI is InChI=1S/C19H23F3N6O/c1-2-23-17(27-12-14-11-13-5-3-4-6-15(13)29-14)25-9-10-26-18-24-8-7-16(28-18)19(20,21)22/h3-8,14H,2,9-12H2,1H3,(H2,23,25,27)(H,24,26,28). The van der Waals surface area contributed by atoms with Gasteiger partial charge in [-0.1, -0.05) is 18.2 Å². The number of guanidine groups is 1. The van der Waals surface area contributed by atoms with Crippen LogP contribution in [0.5, 0.6) is 5.75 Å². The summed E-state index contributed by atoms with van der Waals surface area (Å²) in [5.74, 6) is 1.44. The van der Waals surface area contributed by atoms with Crippen LogP contribution in [0.25, 0.3) is 0 Å². The van der Waals surface area contributed by atoms with Crippen LogP contribution in [0.2, 0.25) is 0 Å². The molecule has 1 unspecified atom stereocenters. The maximum Gasteiger partial charge on any atom is 0.433 e. The van der Waals surface area contributed by atoms with Gasteiger partial charge in [0.05, 0.1) is 6.54 Å². The summed E-state index contributed by atoms with van der Waals surface area (Å²) in [6.45, 7) is 3.89. The van der Waals surface area contributed by atoms with Gasteiger partial charge in [-0.15, -0.1) is 0 Å². The number of nitrogens with one attached hydrogen (secondary N) is 3. The minimum atomic E-state index is -4.50. The number of nitrogens with zero attached hydrogens (tertiary/aromatic N) is 3. The first kappa shape index (κ1) is 20.7. The van der Waals surface area contributed by atoms with Crippen LogP contribution in [0.15, 0.2) is 41.5 Å². The maximum atomic E-state index is 12.7. The Morgan fingerprint density at radius 3 is 2.79 bits per heavy atom. The van der Waals surface area contributed by atoms with Gasteiger partial charge in [-0.3, -0.25) is 0 Å². The molecule has 1 aromatic heterocycles. The Morgan fingerprint density at radius 2 is 2.03 bits per heavy atom. The van der Waals surface area contributed by atoms with Crippen molar-refractivity contribution >= 4 is 11.9 Å². The number of benzene rings is 1. The van der Waals surface area contributed by atoms with Crippen molar-refractivity contribution < 1.29 is 17.9 Å². The highest BCUT2D eigenvalue weighted by molar-refractivity contribution is 5.79. The minimum Gasteiger partial charge on any atom is -0.488 e. The summed E-state index contributed by atoms with van der Waals surface area (Å²) in [6, 6.07) is 8.76. The van der Waals surface area contributed by atoms with Crippen LogP contribution in [-0.4, -0.2) is 48.2 Å². The molecule has 2 aromatic rings. The second-order valence-corrected chi connectivity index (χ2v) is 6.39. The number of hydrogen-bond acceptors (Lipinski definition) is 5. The quantitative estimate of drug-likeness (QED) is 0.371. The Labute approximate surface area is 166 Å². The molecular formula is C19H23F3N6O. The fourth-order valence-electron chi connectivity index (χ4n) is 2.85. The van der Waals surface area contributed by atoms with Crippen LogP contribution in [0.3, 0.4) is 0 Å². The number of ether oxygens (including phenoxy) is 1. The molecule has 0 amide bonds. The zero-order valence-electron chi connectivity index (χ0n) is 16.0. The molecule has 3 rings (SSSR count). The number of anilines is 1. The molecule has 0 saturated carbocycles. The predicted molar refractivity (Wildman–Crippen MR) is 104 cm³/mol. The Bertz CT molecular complexity index is 818. The number of aliphatic imine (C=N–C) groups is 1. The molecule has 0 fully saturated rings. The van der Waals surface area contributed by atoms with Crippen LogP contribution >= 0.6 is 0 Å². The van der Waals surface area contributed by atoms with Gasteiger partial charge in [0, 0.05) is 32.3 Å². The maximum absolute atomic E-state index is 12.7. The predicted octanol–water partition coefficient (Wildman–Crippen LogP) is 2.47. The summed E-state index contributed by atoms with van der Waals surface area (Å²) in [5.41, 5.74) is 0.200. The van der Waals surface area contributed by atoms with E-state index in [1.165, 1.54) is 5.56 Å². The number of hydrogen-bond donors (Lipinski definition) is 3. The van der Waals surface area contributed by atoms with Crippen molar-refractivity contribution in [1.29, 1.82) is 0 Å². The fourth-order valence-corrected chi connectivity index (χ4v) is 2.85. The van der Waals surface area contributed by atoms with E-state index in [4.69, 9.17) is 4.74 Å². The molecule has 1 aliphatic rings. The van der Waals surface area contributed by atoms with E-state index in [2.05, 4.69) is 30.9 Å². The molecule has 0 bridgehead atoms. The van der Waals surface area contributed by atoms with Crippen molar-refractivity contribution in [2.24, 2.45) is 4.99 Å². The molecule has 1 aromatic carbocycles. The highest BCUT2D eigenvalue weighted by Crippen LogP contribution is 2.28. The minimum absolute atomic E-state index is 0.0144. The highest BCUT2D eigenvalue weighted by Gasteiger charge is 2.32. The van der Waals surface area contributed by atoms with Crippen LogP contribution in [0, 0.1) is 0 Å². The third kappa shape index (κ3) is 5.97. The first-order valence-corrected chi connectivity index (χ1v) is 9.36. The lowest BCUT2D eigenvalue weighted by atomic mass is 10.1. The third-order valence-electron chi connectivity index (χ3n) is 4.16. The van der Waals surface area contributed by atoms with Crippen LogP contribution in [0.4, 0.5) is 19.1 Å². The van der Waals surface area contributed by atoms with Crippen molar-refractivity contribution in [2.45, 2.75) is 25.6 Å². The fraction of sp³-hybridized carbons (Fsp3) is 0.421. The molecule has 0 aliphatic carbocycles. The van der Waals surface area contributed by atoms with Gasteiger partial charge in [0.15, 0.2) is 5.96 Å². The van der Waals surface area contributed by atoms with Crippen LogP contribution in [-0.2, 0) is 12.6 Å².